The zero-order valence-corrected chi connectivity index (χ0v) is 11.5. The first-order chi connectivity index (χ1) is 9.74. The van der Waals surface area contributed by atoms with Gasteiger partial charge in [-0.3, -0.25) is 0 Å². The molecule has 0 atom stereocenters. The van der Waals surface area contributed by atoms with Crippen molar-refractivity contribution in [3.05, 3.63) is 30.2 Å². The molecule has 1 aliphatic heterocycles. The van der Waals surface area contributed by atoms with Gasteiger partial charge in [-0.15, -0.1) is 0 Å². The van der Waals surface area contributed by atoms with Crippen molar-refractivity contribution in [2.45, 2.75) is 19.8 Å². The lowest BCUT2D eigenvalue weighted by Crippen LogP contribution is -2.21. The van der Waals surface area contributed by atoms with Crippen LogP contribution in [0.2, 0.25) is 0 Å². The van der Waals surface area contributed by atoms with Crippen molar-refractivity contribution in [1.82, 2.24) is 15.0 Å². The smallest absolute Gasteiger partial charge is 0.160 e. The molecule has 104 valence electrons. The molecule has 0 aliphatic carbocycles. The topological polar surface area (TPSA) is 80.0 Å². The molecule has 6 nitrogen and oxygen atoms in total. The number of rotatable bonds is 3. The molecule has 20 heavy (non-hydrogen) atoms. The van der Waals surface area contributed by atoms with E-state index in [1.807, 2.05) is 19.1 Å². The van der Waals surface area contributed by atoms with Crippen molar-refractivity contribution < 1.29 is 0 Å². The van der Waals surface area contributed by atoms with Gasteiger partial charge in [-0.05, 0) is 37.5 Å². The van der Waals surface area contributed by atoms with Gasteiger partial charge in [0.15, 0.2) is 11.6 Å². The zero-order chi connectivity index (χ0) is 13.9. The molecular weight excluding hydrogens is 252 g/mol. The summed E-state index contributed by atoms with van der Waals surface area (Å²) in [4.78, 5) is 15.0. The Morgan fingerprint density at radius 3 is 2.75 bits per heavy atom. The maximum Gasteiger partial charge on any atom is 0.160 e. The molecule has 3 rings (SSSR count). The molecule has 0 radical (unpaired) electrons. The van der Waals surface area contributed by atoms with E-state index in [9.17, 15) is 0 Å². The molecule has 1 aliphatic rings. The highest BCUT2D eigenvalue weighted by Gasteiger charge is 2.18. The zero-order valence-electron chi connectivity index (χ0n) is 11.5. The van der Waals surface area contributed by atoms with Gasteiger partial charge in [-0.25, -0.2) is 15.0 Å². The largest absolute Gasteiger partial charge is 0.393 e. The Bertz CT molecular complexity index is 606. The summed E-state index contributed by atoms with van der Waals surface area (Å²) < 4.78 is 0. The first kappa shape index (κ1) is 12.7. The van der Waals surface area contributed by atoms with E-state index in [-0.39, 0.29) is 0 Å². The molecule has 2 aromatic heterocycles. The standard InChI is InChI=1S/C14H18N6/c1-10-4-5-16-11(8-10)19-13-12(15)14(18-9-17-13)20-6-2-3-7-20/h4-5,8-9H,2-3,6-7,15H2,1H3,(H,16,17,18,19). The van der Waals surface area contributed by atoms with Crippen LogP contribution in [-0.2, 0) is 0 Å². The van der Waals surface area contributed by atoms with Crippen LogP contribution in [0, 0.1) is 6.92 Å². The highest BCUT2D eigenvalue weighted by Crippen LogP contribution is 2.29. The SMILES string of the molecule is Cc1ccnc(Nc2ncnc(N3CCCC3)c2N)c1. The summed E-state index contributed by atoms with van der Waals surface area (Å²) in [5.41, 5.74) is 7.91. The van der Waals surface area contributed by atoms with Gasteiger partial charge < -0.3 is 16.0 Å². The molecule has 0 saturated carbocycles. The van der Waals surface area contributed by atoms with Crippen LogP contribution in [0.25, 0.3) is 0 Å². The normalized spacial score (nSPS) is 14.6. The maximum atomic E-state index is 6.19. The molecule has 1 saturated heterocycles. The summed E-state index contributed by atoms with van der Waals surface area (Å²) in [5, 5.41) is 3.16. The van der Waals surface area contributed by atoms with E-state index in [2.05, 4.69) is 25.2 Å². The van der Waals surface area contributed by atoms with Gasteiger partial charge in [-0.2, -0.15) is 0 Å². The van der Waals surface area contributed by atoms with Gasteiger partial charge in [0.25, 0.3) is 0 Å². The number of nitrogens with two attached hydrogens (primary N) is 1. The van der Waals surface area contributed by atoms with E-state index >= 15 is 0 Å². The van der Waals surface area contributed by atoms with Crippen LogP contribution in [0.5, 0.6) is 0 Å². The van der Waals surface area contributed by atoms with E-state index in [0.717, 1.165) is 30.3 Å². The van der Waals surface area contributed by atoms with Gasteiger partial charge in [0.1, 0.15) is 17.8 Å². The molecule has 0 spiro atoms. The molecule has 0 amide bonds. The average molecular weight is 270 g/mol. The molecule has 2 aromatic rings. The Labute approximate surface area is 118 Å². The van der Waals surface area contributed by atoms with Crippen LogP contribution in [-0.4, -0.2) is 28.0 Å². The third kappa shape index (κ3) is 2.49. The summed E-state index contributed by atoms with van der Waals surface area (Å²) >= 11 is 0. The lowest BCUT2D eigenvalue weighted by molar-refractivity contribution is 0.931. The number of aryl methyl sites for hydroxylation is 1. The van der Waals surface area contributed by atoms with E-state index in [1.165, 1.54) is 12.8 Å². The van der Waals surface area contributed by atoms with Crippen LogP contribution in [0.15, 0.2) is 24.7 Å². The Morgan fingerprint density at radius 2 is 2.00 bits per heavy atom. The summed E-state index contributed by atoms with van der Waals surface area (Å²) in [6, 6.07) is 3.90. The maximum absolute atomic E-state index is 6.19. The Morgan fingerprint density at radius 1 is 1.20 bits per heavy atom. The van der Waals surface area contributed by atoms with Crippen LogP contribution < -0.4 is 16.0 Å². The molecular formula is C14H18N6. The van der Waals surface area contributed by atoms with Crippen LogP contribution >= 0.6 is 0 Å². The fourth-order valence-corrected chi connectivity index (χ4v) is 2.39. The predicted molar refractivity (Wildman–Crippen MR) is 80.1 cm³/mol. The lowest BCUT2D eigenvalue weighted by Gasteiger charge is -2.19. The van der Waals surface area contributed by atoms with Crippen molar-refractivity contribution in [3.63, 3.8) is 0 Å². The molecule has 3 heterocycles. The van der Waals surface area contributed by atoms with Crippen molar-refractivity contribution in [2.24, 2.45) is 0 Å². The van der Waals surface area contributed by atoms with Gasteiger partial charge in [0.2, 0.25) is 0 Å². The number of pyridine rings is 1. The third-order valence-electron chi connectivity index (χ3n) is 3.43. The molecule has 3 N–H and O–H groups in total. The summed E-state index contributed by atoms with van der Waals surface area (Å²) in [6.07, 6.45) is 5.68. The summed E-state index contributed by atoms with van der Waals surface area (Å²) in [6.45, 7) is 4.03. The second-order valence-electron chi connectivity index (χ2n) is 5.00. The Balaban J connectivity index is 1.88. The van der Waals surface area contributed by atoms with Crippen molar-refractivity contribution in [1.29, 1.82) is 0 Å². The van der Waals surface area contributed by atoms with Gasteiger partial charge in [-0.1, -0.05) is 0 Å². The summed E-state index contributed by atoms with van der Waals surface area (Å²) in [7, 11) is 0. The first-order valence-electron chi connectivity index (χ1n) is 6.79. The molecule has 0 aromatic carbocycles. The number of anilines is 4. The molecule has 6 heteroatoms. The second-order valence-corrected chi connectivity index (χ2v) is 5.00. The van der Waals surface area contributed by atoms with E-state index in [1.54, 1.807) is 12.5 Å². The number of nitrogens with zero attached hydrogens (tertiary/aromatic N) is 4. The summed E-state index contributed by atoms with van der Waals surface area (Å²) in [5.74, 6) is 2.16. The number of hydrogen-bond acceptors (Lipinski definition) is 6. The Kier molecular flexibility index (Phi) is 3.37. The number of hydrogen-bond donors (Lipinski definition) is 2. The van der Waals surface area contributed by atoms with Gasteiger partial charge in [0.05, 0.1) is 0 Å². The first-order valence-corrected chi connectivity index (χ1v) is 6.79. The van der Waals surface area contributed by atoms with E-state index < -0.39 is 0 Å². The molecule has 0 bridgehead atoms. The second kappa shape index (κ2) is 5.32. The minimum Gasteiger partial charge on any atom is -0.393 e. The van der Waals surface area contributed by atoms with Gasteiger partial charge in [0, 0.05) is 19.3 Å². The van der Waals surface area contributed by atoms with Crippen molar-refractivity contribution in [3.8, 4) is 0 Å². The van der Waals surface area contributed by atoms with E-state index in [4.69, 9.17) is 5.73 Å². The monoisotopic (exact) mass is 270 g/mol. The van der Waals surface area contributed by atoms with Crippen LogP contribution in [0.3, 0.4) is 0 Å². The minimum absolute atomic E-state index is 0.581. The fraction of sp³-hybridized carbons (Fsp3) is 0.357. The highest BCUT2D eigenvalue weighted by molar-refractivity contribution is 5.77. The number of aromatic nitrogens is 3. The third-order valence-corrected chi connectivity index (χ3v) is 3.43. The van der Waals surface area contributed by atoms with Gasteiger partial charge >= 0.3 is 0 Å². The molecule has 1 fully saturated rings. The predicted octanol–water partition coefficient (Wildman–Crippen LogP) is 2.11. The quantitative estimate of drug-likeness (QED) is 0.889. The number of nitrogen functional groups attached to an aromatic ring is 1. The minimum atomic E-state index is 0.581. The highest BCUT2D eigenvalue weighted by atomic mass is 15.2. The Hall–Kier alpha value is -2.37. The molecule has 0 unspecified atom stereocenters. The van der Waals surface area contributed by atoms with Crippen molar-refractivity contribution >= 4 is 23.1 Å². The van der Waals surface area contributed by atoms with Crippen LogP contribution in [0.4, 0.5) is 23.1 Å². The van der Waals surface area contributed by atoms with Crippen LogP contribution in [0.1, 0.15) is 18.4 Å². The average Bonchev–Trinajstić information content (AvgIpc) is 2.95. The number of nitrogens with one attached hydrogen (secondary N) is 1. The van der Waals surface area contributed by atoms with Crippen molar-refractivity contribution in [2.75, 3.05) is 29.0 Å². The fourth-order valence-electron chi connectivity index (χ4n) is 2.39. The van der Waals surface area contributed by atoms with E-state index in [0.29, 0.717) is 11.5 Å². The lowest BCUT2D eigenvalue weighted by atomic mass is 10.3.